The summed E-state index contributed by atoms with van der Waals surface area (Å²) in [6.07, 6.45) is -1.33. The molecule has 16 heteroatoms. The number of quaternary nitrogens is 1. The molecule has 1 aromatic carbocycles. The van der Waals surface area contributed by atoms with Gasteiger partial charge in [-0.1, -0.05) is 61.4 Å². The summed E-state index contributed by atoms with van der Waals surface area (Å²) < 4.78 is 164. The van der Waals surface area contributed by atoms with Crippen LogP contribution in [-0.2, 0) is 14.8 Å². The number of ether oxygens (including phenoxy) is 1. The van der Waals surface area contributed by atoms with E-state index < -0.39 is 56.0 Å². The van der Waals surface area contributed by atoms with Crippen molar-refractivity contribution in [1.29, 1.82) is 0 Å². The van der Waals surface area contributed by atoms with Crippen LogP contribution in [0.1, 0.15) is 37.7 Å². The third-order valence-electron chi connectivity index (χ3n) is 6.58. The SMILES string of the molecule is C[N+](F)(CC1(COCCCCCCO)C=CC(c2ccccc2)=CC1)S(=O)(=O)C(F)(F)C(F)(F)C(F)(F)C(F)(F)F. The van der Waals surface area contributed by atoms with Gasteiger partial charge in [0.15, 0.2) is 0 Å². The van der Waals surface area contributed by atoms with E-state index in [9.17, 15) is 47.9 Å². The molecular formula is C25H30F10NO4S+. The summed E-state index contributed by atoms with van der Waals surface area (Å²) >= 11 is 0. The minimum absolute atomic E-state index is 0.0189. The van der Waals surface area contributed by atoms with Gasteiger partial charge < -0.3 is 9.84 Å². The highest BCUT2D eigenvalue weighted by molar-refractivity contribution is 7.87. The topological polar surface area (TPSA) is 63.6 Å². The molecule has 234 valence electrons. The van der Waals surface area contributed by atoms with Crippen LogP contribution in [0.3, 0.4) is 0 Å². The standard InChI is InChI=1S/C25H30F10NO4S/c1-36(35,41(38,39)25(33,34)23(28,29)22(26,27)24(30,31)32)17-21(18-40-16-8-3-2-7-15-37)13-11-20(12-14-21)19-9-5-4-6-10-19/h4-6,9-13,37H,2-3,7-8,14-18H2,1H3/q+1. The van der Waals surface area contributed by atoms with Gasteiger partial charge in [-0.25, -0.2) is 0 Å². The van der Waals surface area contributed by atoms with E-state index in [0.29, 0.717) is 36.8 Å². The second-order valence-electron chi connectivity index (χ2n) is 9.90. The number of aliphatic hydroxyl groups is 1. The molecule has 0 amide bonds. The van der Waals surface area contributed by atoms with E-state index in [-0.39, 0.29) is 26.7 Å². The second kappa shape index (κ2) is 12.6. The Balaban J connectivity index is 2.39. The molecule has 5 nitrogen and oxygen atoms in total. The first kappa shape index (κ1) is 35.0. The summed E-state index contributed by atoms with van der Waals surface area (Å²) in [6.45, 7) is -2.13. The molecule has 0 fully saturated rings. The van der Waals surface area contributed by atoms with Crippen molar-refractivity contribution in [1.82, 2.24) is 0 Å². The number of sulfonamides is 1. The first-order chi connectivity index (χ1) is 18.7. The minimum Gasteiger partial charge on any atom is -0.396 e. The van der Waals surface area contributed by atoms with Crippen LogP contribution in [0.15, 0.2) is 48.6 Å². The van der Waals surface area contributed by atoms with E-state index in [0.717, 1.165) is 0 Å². The number of aliphatic hydroxyl groups excluding tert-OH is 1. The highest BCUT2D eigenvalue weighted by Gasteiger charge is 2.88. The molecule has 0 radical (unpaired) electrons. The second-order valence-corrected chi connectivity index (χ2v) is 12.1. The predicted molar refractivity (Wildman–Crippen MR) is 129 cm³/mol. The lowest BCUT2D eigenvalue weighted by Gasteiger charge is -2.38. The first-order valence-electron chi connectivity index (χ1n) is 12.3. The first-order valence-corrected chi connectivity index (χ1v) is 13.8. The Hall–Kier alpha value is -2.17. The van der Waals surface area contributed by atoms with Gasteiger partial charge in [-0.2, -0.15) is 47.9 Å². The molecule has 0 saturated carbocycles. The molecule has 1 N–H and O–H groups in total. The van der Waals surface area contributed by atoms with E-state index in [1.54, 1.807) is 30.3 Å². The molecule has 0 aliphatic heterocycles. The maximum absolute atomic E-state index is 15.6. The lowest BCUT2D eigenvalue weighted by molar-refractivity contribution is -0.939. The Morgan fingerprint density at radius 3 is 2.02 bits per heavy atom. The smallest absolute Gasteiger partial charge is 0.396 e. The van der Waals surface area contributed by atoms with Gasteiger partial charge in [0.25, 0.3) is 0 Å². The van der Waals surface area contributed by atoms with Crippen molar-refractivity contribution >= 4 is 15.6 Å². The van der Waals surface area contributed by atoms with Crippen molar-refractivity contribution in [3.05, 3.63) is 54.1 Å². The van der Waals surface area contributed by atoms with Gasteiger partial charge in [0, 0.05) is 17.7 Å². The number of halogens is 10. The van der Waals surface area contributed by atoms with Gasteiger partial charge in [0.05, 0.1) is 12.0 Å². The number of unbranched alkanes of at least 4 members (excludes halogenated alkanes) is 3. The molecule has 0 aromatic heterocycles. The zero-order valence-corrected chi connectivity index (χ0v) is 22.6. The Bertz CT molecular complexity index is 1180. The van der Waals surface area contributed by atoms with Gasteiger partial charge in [-0.05, 0) is 34.5 Å². The summed E-state index contributed by atoms with van der Waals surface area (Å²) in [6, 6.07) is 8.47. The monoisotopic (exact) mass is 630 g/mol. The van der Waals surface area contributed by atoms with Crippen molar-refractivity contribution < 1.29 is 66.4 Å². The summed E-state index contributed by atoms with van der Waals surface area (Å²) in [5, 5.41) is 1.63. The Kier molecular flexibility index (Phi) is 10.8. The molecule has 1 aliphatic carbocycles. The summed E-state index contributed by atoms with van der Waals surface area (Å²) in [5.74, 6) is -15.1. The number of benzene rings is 1. The quantitative estimate of drug-likeness (QED) is 0.134. The number of rotatable bonds is 15. The van der Waals surface area contributed by atoms with E-state index >= 15 is 4.48 Å². The number of hydrogen-bond acceptors (Lipinski definition) is 4. The van der Waals surface area contributed by atoms with Crippen LogP contribution in [0, 0.1) is 5.41 Å². The predicted octanol–water partition coefficient (Wildman–Crippen LogP) is 6.67. The van der Waals surface area contributed by atoms with Crippen LogP contribution in [0.25, 0.3) is 5.57 Å². The van der Waals surface area contributed by atoms with E-state index in [1.807, 2.05) is 0 Å². The molecule has 0 heterocycles. The molecule has 1 aliphatic rings. The fourth-order valence-corrected chi connectivity index (χ4v) is 5.54. The summed E-state index contributed by atoms with van der Waals surface area (Å²) in [5.41, 5.74) is -0.603. The van der Waals surface area contributed by atoms with Crippen LogP contribution in [0.2, 0.25) is 0 Å². The maximum atomic E-state index is 15.6. The van der Waals surface area contributed by atoms with Crippen LogP contribution in [0.4, 0.5) is 44.0 Å². The molecular weight excluding hydrogens is 600 g/mol. The van der Waals surface area contributed by atoms with Gasteiger partial charge >= 0.3 is 33.3 Å². The van der Waals surface area contributed by atoms with E-state index in [1.165, 1.54) is 18.2 Å². The highest BCUT2D eigenvalue weighted by atomic mass is 32.2. The van der Waals surface area contributed by atoms with Crippen molar-refractivity contribution in [3.8, 4) is 0 Å². The lowest BCUT2D eigenvalue weighted by Crippen LogP contribution is -2.67. The largest absolute Gasteiger partial charge is 0.467 e. The molecule has 2 atom stereocenters. The van der Waals surface area contributed by atoms with Gasteiger partial charge in [0.1, 0.15) is 13.6 Å². The van der Waals surface area contributed by atoms with Crippen molar-refractivity contribution in [3.63, 3.8) is 0 Å². The fraction of sp³-hybridized carbons (Fsp3) is 0.600. The molecule has 0 saturated heterocycles. The third-order valence-corrected chi connectivity index (χ3v) is 8.61. The lowest BCUT2D eigenvalue weighted by atomic mass is 9.79. The average Bonchev–Trinajstić information content (AvgIpc) is 2.88. The fourth-order valence-electron chi connectivity index (χ4n) is 4.18. The van der Waals surface area contributed by atoms with Crippen LogP contribution < -0.4 is 0 Å². The van der Waals surface area contributed by atoms with Crippen LogP contribution in [0.5, 0.6) is 0 Å². The molecule has 0 bridgehead atoms. The number of alkyl halides is 9. The van der Waals surface area contributed by atoms with Crippen molar-refractivity contribution in [2.45, 2.75) is 55.4 Å². The van der Waals surface area contributed by atoms with E-state index in [2.05, 4.69) is 0 Å². The highest BCUT2D eigenvalue weighted by Crippen LogP contribution is 2.56. The molecule has 41 heavy (non-hydrogen) atoms. The normalized spacial score (nSPS) is 20.5. The van der Waals surface area contributed by atoms with Crippen LogP contribution in [-0.4, -0.2) is 74.3 Å². The van der Waals surface area contributed by atoms with Crippen LogP contribution >= 0.6 is 0 Å². The molecule has 0 spiro atoms. The Morgan fingerprint density at radius 1 is 0.927 bits per heavy atom. The number of nitrogens with zero attached hydrogens (tertiary/aromatic N) is 1. The Labute approximate surface area is 230 Å². The van der Waals surface area contributed by atoms with E-state index in [4.69, 9.17) is 9.84 Å². The number of hydrogen-bond donors (Lipinski definition) is 1. The number of allylic oxidation sites excluding steroid dienone is 3. The van der Waals surface area contributed by atoms with Gasteiger partial charge in [-0.3, -0.25) is 0 Å². The zero-order valence-electron chi connectivity index (χ0n) is 21.8. The zero-order chi connectivity index (χ0) is 31.4. The van der Waals surface area contributed by atoms with Gasteiger partial charge in [-0.15, -0.1) is 0 Å². The van der Waals surface area contributed by atoms with Crippen molar-refractivity contribution in [2.24, 2.45) is 5.41 Å². The minimum atomic E-state index is -7.55. The third kappa shape index (κ3) is 7.08. The van der Waals surface area contributed by atoms with Crippen molar-refractivity contribution in [2.75, 3.05) is 33.4 Å². The maximum Gasteiger partial charge on any atom is 0.467 e. The summed E-state index contributed by atoms with van der Waals surface area (Å²) in [4.78, 5) is 0. The molecule has 2 unspecified atom stereocenters. The molecule has 2 rings (SSSR count). The average molecular weight is 631 g/mol. The summed E-state index contributed by atoms with van der Waals surface area (Å²) in [7, 11) is -7.56. The Morgan fingerprint density at radius 2 is 1.51 bits per heavy atom. The molecule has 1 aromatic rings. The van der Waals surface area contributed by atoms with Gasteiger partial charge in [0.2, 0.25) is 0 Å².